The highest BCUT2D eigenvalue weighted by Crippen LogP contribution is 2.64. The van der Waals surface area contributed by atoms with E-state index in [4.69, 9.17) is 5.11 Å². The van der Waals surface area contributed by atoms with Gasteiger partial charge in [-0.25, -0.2) is 8.42 Å². The molecule has 0 amide bonds. The molecule has 0 saturated heterocycles. The van der Waals surface area contributed by atoms with Gasteiger partial charge >= 0.3 is 47.0 Å². The van der Waals surface area contributed by atoms with Gasteiger partial charge in [0.25, 0.3) is 10.0 Å². The van der Waals surface area contributed by atoms with Gasteiger partial charge in [0.2, 0.25) is 0 Å². The number of hydrogen-bond donors (Lipinski definition) is 1. The van der Waals surface area contributed by atoms with E-state index in [1.165, 1.54) is 0 Å². The van der Waals surface area contributed by atoms with Crippen LogP contribution in [-0.4, -0.2) is 97.7 Å². The van der Waals surface area contributed by atoms with E-state index in [0.29, 0.717) is 0 Å². The predicted octanol–water partition coefficient (Wildman–Crippen LogP) is 5.00. The second kappa shape index (κ2) is 10.9. The van der Waals surface area contributed by atoms with Crippen LogP contribution in [0.25, 0.3) is 0 Å². The largest absolute Gasteiger partial charge is 0.460 e. The minimum atomic E-state index is -8.87. The number of ether oxygens (including phenoxy) is 1. The van der Waals surface area contributed by atoms with E-state index in [-0.39, 0.29) is 0 Å². The lowest BCUT2D eigenvalue weighted by molar-refractivity contribution is -0.458. The molecular formula is C15H16F17NO4S. The fourth-order valence-corrected chi connectivity index (χ4v) is 3.92. The maximum Gasteiger partial charge on any atom is 0.460 e. The van der Waals surface area contributed by atoms with E-state index in [0.717, 1.165) is 6.92 Å². The summed E-state index contributed by atoms with van der Waals surface area (Å²) in [6.45, 7) is -4.24. The first-order valence-electron chi connectivity index (χ1n) is 9.42. The van der Waals surface area contributed by atoms with Crippen LogP contribution < -0.4 is 0 Å². The molecule has 1 N–H and O–H groups in total. The second-order valence-electron chi connectivity index (χ2n) is 7.20. The number of halogens is 17. The number of nitrogens with zero attached hydrogens (tertiary/aromatic N) is 1. The minimum Gasteiger partial charge on any atom is -0.394 e. The van der Waals surface area contributed by atoms with Crippen molar-refractivity contribution in [3.8, 4) is 0 Å². The lowest BCUT2D eigenvalue weighted by Crippen LogP contribution is -2.75. The fourth-order valence-electron chi connectivity index (χ4n) is 2.41. The number of rotatable bonds is 15. The molecule has 38 heavy (non-hydrogen) atoms. The van der Waals surface area contributed by atoms with Crippen molar-refractivity contribution in [3.63, 3.8) is 0 Å². The van der Waals surface area contributed by atoms with Gasteiger partial charge in [0.1, 0.15) is 0 Å². The van der Waals surface area contributed by atoms with Gasteiger partial charge in [0, 0.05) is 13.1 Å². The van der Waals surface area contributed by atoms with Crippen molar-refractivity contribution in [2.45, 2.75) is 60.3 Å². The van der Waals surface area contributed by atoms with Crippen molar-refractivity contribution >= 4 is 10.0 Å². The normalized spacial score (nSPS) is 15.9. The van der Waals surface area contributed by atoms with Crippen molar-refractivity contribution in [2.75, 3.05) is 32.9 Å². The third kappa shape index (κ3) is 5.34. The van der Waals surface area contributed by atoms with Crippen LogP contribution in [-0.2, 0) is 14.8 Å². The summed E-state index contributed by atoms with van der Waals surface area (Å²) in [6, 6.07) is 0. The summed E-state index contributed by atoms with van der Waals surface area (Å²) >= 11 is 0. The van der Waals surface area contributed by atoms with Crippen LogP contribution in [0.3, 0.4) is 0 Å². The Labute approximate surface area is 201 Å². The van der Waals surface area contributed by atoms with Crippen LogP contribution in [0.15, 0.2) is 0 Å². The van der Waals surface area contributed by atoms with Gasteiger partial charge in [-0.05, 0) is 6.42 Å². The number of aliphatic hydroxyl groups is 1. The maximum absolute atomic E-state index is 14.2. The summed E-state index contributed by atoms with van der Waals surface area (Å²) in [6.07, 6.45) is -8.48. The molecule has 0 aliphatic rings. The zero-order valence-electron chi connectivity index (χ0n) is 18.2. The lowest BCUT2D eigenvalue weighted by atomic mass is 9.91. The second-order valence-corrected chi connectivity index (χ2v) is 9.18. The average molecular weight is 629 g/mol. The molecular weight excluding hydrogens is 613 g/mol. The molecule has 0 heterocycles. The first kappa shape index (κ1) is 36.6. The molecule has 230 valence electrons. The van der Waals surface area contributed by atoms with Crippen molar-refractivity contribution in [1.82, 2.24) is 4.31 Å². The molecule has 0 saturated carbocycles. The molecule has 0 aromatic carbocycles. The van der Waals surface area contributed by atoms with E-state index < -0.39 is 101 Å². The number of alkyl halides is 17. The Morgan fingerprint density at radius 1 is 0.605 bits per heavy atom. The van der Waals surface area contributed by atoms with Crippen LogP contribution in [0.5, 0.6) is 0 Å². The quantitative estimate of drug-likeness (QED) is 0.205. The van der Waals surface area contributed by atoms with Gasteiger partial charge in [-0.3, -0.25) is 0 Å². The summed E-state index contributed by atoms with van der Waals surface area (Å²) in [5.74, 6) is -51.8. The SMILES string of the molecule is CCCN(CCOCCO)S(=O)(=O)C(F)(F)C(F)(F)C(F)(F)C(F)(F)C(F)(F)C(F)(F)C(F)(F)C(F)(F)F. The summed E-state index contributed by atoms with van der Waals surface area (Å²) in [5, 5.41) is 0.860. The van der Waals surface area contributed by atoms with E-state index in [1.54, 1.807) is 0 Å². The first-order chi connectivity index (χ1) is 16.5. The molecule has 0 unspecified atom stereocenters. The van der Waals surface area contributed by atoms with Crippen molar-refractivity contribution < 1.29 is 92.9 Å². The Morgan fingerprint density at radius 2 is 0.974 bits per heavy atom. The van der Waals surface area contributed by atoms with Crippen LogP contribution in [0.1, 0.15) is 13.3 Å². The Morgan fingerprint density at radius 3 is 1.32 bits per heavy atom. The predicted molar refractivity (Wildman–Crippen MR) is 89.4 cm³/mol. The van der Waals surface area contributed by atoms with Crippen LogP contribution in [0, 0.1) is 0 Å². The molecule has 0 bridgehead atoms. The molecule has 0 radical (unpaired) electrons. The highest BCUT2D eigenvalue weighted by atomic mass is 32.2. The summed E-state index contributed by atoms with van der Waals surface area (Å²) in [5.41, 5.74) is 0. The summed E-state index contributed by atoms with van der Waals surface area (Å²) in [4.78, 5) is 0. The van der Waals surface area contributed by atoms with E-state index in [2.05, 4.69) is 4.74 Å². The highest BCUT2D eigenvalue weighted by Gasteiger charge is 2.96. The van der Waals surface area contributed by atoms with Crippen LogP contribution in [0.2, 0.25) is 0 Å². The molecule has 0 rings (SSSR count). The molecule has 23 heteroatoms. The third-order valence-electron chi connectivity index (χ3n) is 4.55. The minimum absolute atomic E-state index is 0.593. The van der Waals surface area contributed by atoms with Gasteiger partial charge in [-0.15, -0.1) is 0 Å². The van der Waals surface area contributed by atoms with Gasteiger partial charge in [-0.2, -0.15) is 78.9 Å². The standard InChI is InChI=1S/C15H16F17NO4S/c1-2-3-33(4-6-37-7-5-34)38(35,36)15(31,32)13(26,27)11(22,23)9(18,19)8(16,17)10(20,21)12(24,25)14(28,29)30/h34H,2-7H2,1H3. The number of aliphatic hydroxyl groups excluding tert-OH is 1. The van der Waals surface area contributed by atoms with Crippen LogP contribution >= 0.6 is 0 Å². The molecule has 0 spiro atoms. The van der Waals surface area contributed by atoms with Gasteiger partial charge in [-0.1, -0.05) is 6.92 Å². The van der Waals surface area contributed by atoms with Gasteiger partial charge < -0.3 is 9.84 Å². The van der Waals surface area contributed by atoms with Gasteiger partial charge in [0.15, 0.2) is 0 Å². The smallest absolute Gasteiger partial charge is 0.394 e. The Kier molecular flexibility index (Phi) is 10.5. The number of hydrogen-bond acceptors (Lipinski definition) is 4. The average Bonchev–Trinajstić information content (AvgIpc) is 2.73. The van der Waals surface area contributed by atoms with Crippen molar-refractivity contribution in [2.24, 2.45) is 0 Å². The molecule has 0 atom stereocenters. The van der Waals surface area contributed by atoms with E-state index in [9.17, 15) is 83.1 Å². The third-order valence-corrected chi connectivity index (χ3v) is 6.50. The lowest BCUT2D eigenvalue weighted by Gasteiger charge is -2.43. The van der Waals surface area contributed by atoms with E-state index >= 15 is 0 Å². The van der Waals surface area contributed by atoms with E-state index in [1.807, 2.05) is 0 Å². The monoisotopic (exact) mass is 629 g/mol. The Balaban J connectivity index is 6.85. The fraction of sp³-hybridized carbons (Fsp3) is 1.00. The number of sulfonamides is 1. The topological polar surface area (TPSA) is 66.8 Å². The highest BCUT2D eigenvalue weighted by molar-refractivity contribution is 7.90. The first-order valence-corrected chi connectivity index (χ1v) is 10.9. The van der Waals surface area contributed by atoms with Gasteiger partial charge in [0.05, 0.1) is 19.8 Å². The molecule has 0 fully saturated rings. The zero-order chi connectivity index (χ0) is 31.0. The molecule has 0 aliphatic heterocycles. The molecule has 5 nitrogen and oxygen atoms in total. The Bertz CT molecular complexity index is 904. The van der Waals surface area contributed by atoms with Crippen molar-refractivity contribution in [3.05, 3.63) is 0 Å². The summed E-state index contributed by atoms with van der Waals surface area (Å²) in [7, 11) is -7.35. The van der Waals surface area contributed by atoms with Crippen molar-refractivity contribution in [1.29, 1.82) is 0 Å². The summed E-state index contributed by atoms with van der Waals surface area (Å²) < 4.78 is 254. The Hall–Kier alpha value is -1.36. The molecule has 0 aliphatic carbocycles. The molecule has 0 aromatic rings. The maximum atomic E-state index is 14.2. The van der Waals surface area contributed by atoms with Crippen LogP contribution in [0.4, 0.5) is 74.6 Å². The zero-order valence-corrected chi connectivity index (χ0v) is 19.0. The molecule has 0 aromatic heterocycles.